The standard InChI is InChI=1S/C30H32F2N2O3/c31-24-13-11-23(12-14-24)20-34(29(35)21-37-27-17-15-25(32)16-18-27)28(19-22-7-3-1-4-8-22)30(36)33-26-9-5-2-6-10-26/h1,3-4,7-8,11-18,26,28H,2,5-6,9-10,19-21H2,(H,33,36)/t28-/m0/s1. The molecule has 194 valence electrons. The molecule has 0 heterocycles. The molecule has 37 heavy (non-hydrogen) atoms. The number of carbonyl (C=O) groups is 2. The summed E-state index contributed by atoms with van der Waals surface area (Å²) >= 11 is 0. The van der Waals surface area contributed by atoms with Gasteiger partial charge < -0.3 is 15.0 Å². The Kier molecular flexibility index (Phi) is 9.24. The van der Waals surface area contributed by atoms with Crippen molar-refractivity contribution >= 4 is 11.8 Å². The van der Waals surface area contributed by atoms with E-state index in [1.807, 2.05) is 30.3 Å². The average Bonchev–Trinajstić information content (AvgIpc) is 2.92. The van der Waals surface area contributed by atoms with Crippen LogP contribution in [-0.4, -0.2) is 35.4 Å². The normalized spacial score (nSPS) is 14.5. The predicted molar refractivity (Wildman–Crippen MR) is 138 cm³/mol. The molecular formula is C30H32F2N2O3. The number of ether oxygens (including phenoxy) is 1. The van der Waals surface area contributed by atoms with E-state index in [2.05, 4.69) is 5.32 Å². The molecule has 0 unspecified atom stereocenters. The minimum atomic E-state index is -0.793. The van der Waals surface area contributed by atoms with Crippen LogP contribution in [0.4, 0.5) is 8.78 Å². The zero-order chi connectivity index (χ0) is 26.0. The Morgan fingerprint density at radius 2 is 1.46 bits per heavy atom. The van der Waals surface area contributed by atoms with Crippen LogP contribution in [0.25, 0.3) is 0 Å². The Morgan fingerprint density at radius 1 is 0.838 bits per heavy atom. The molecule has 0 aliphatic heterocycles. The van der Waals surface area contributed by atoms with Crippen molar-refractivity contribution in [3.63, 3.8) is 0 Å². The van der Waals surface area contributed by atoms with Crippen molar-refractivity contribution in [3.05, 3.63) is 102 Å². The predicted octanol–water partition coefficient (Wildman–Crippen LogP) is 5.43. The molecule has 1 aliphatic rings. The second-order valence-electron chi connectivity index (χ2n) is 9.44. The summed E-state index contributed by atoms with van der Waals surface area (Å²) in [5.41, 5.74) is 1.61. The lowest BCUT2D eigenvalue weighted by atomic mass is 9.94. The van der Waals surface area contributed by atoms with Gasteiger partial charge in [-0.15, -0.1) is 0 Å². The van der Waals surface area contributed by atoms with E-state index in [9.17, 15) is 18.4 Å². The number of hydrogen-bond acceptors (Lipinski definition) is 3. The number of hydrogen-bond donors (Lipinski definition) is 1. The Hall–Kier alpha value is -3.74. The molecular weight excluding hydrogens is 474 g/mol. The van der Waals surface area contributed by atoms with Crippen LogP contribution >= 0.6 is 0 Å². The van der Waals surface area contributed by atoms with Crippen molar-refractivity contribution < 1.29 is 23.1 Å². The van der Waals surface area contributed by atoms with Gasteiger partial charge in [-0.3, -0.25) is 9.59 Å². The van der Waals surface area contributed by atoms with E-state index in [0.29, 0.717) is 17.7 Å². The molecule has 0 aromatic heterocycles. The Morgan fingerprint density at radius 3 is 2.11 bits per heavy atom. The molecule has 0 saturated heterocycles. The molecule has 3 aromatic rings. The van der Waals surface area contributed by atoms with Crippen LogP contribution in [0.1, 0.15) is 43.2 Å². The Bertz CT molecular complexity index is 1150. The summed E-state index contributed by atoms with van der Waals surface area (Å²) in [5.74, 6) is -1.04. The second-order valence-corrected chi connectivity index (χ2v) is 9.44. The number of amides is 2. The molecule has 1 fully saturated rings. The maximum absolute atomic E-state index is 13.7. The maximum atomic E-state index is 13.7. The third-order valence-electron chi connectivity index (χ3n) is 6.66. The van der Waals surface area contributed by atoms with Crippen molar-refractivity contribution in [2.75, 3.05) is 6.61 Å². The van der Waals surface area contributed by atoms with Crippen LogP contribution in [-0.2, 0) is 22.6 Å². The number of benzene rings is 3. The molecule has 3 aromatic carbocycles. The lowest BCUT2D eigenvalue weighted by Crippen LogP contribution is -2.53. The molecule has 1 N–H and O–H groups in total. The highest BCUT2D eigenvalue weighted by molar-refractivity contribution is 5.88. The summed E-state index contributed by atoms with van der Waals surface area (Å²) in [6.07, 6.45) is 5.46. The first-order valence-corrected chi connectivity index (χ1v) is 12.7. The summed E-state index contributed by atoms with van der Waals surface area (Å²) < 4.78 is 32.5. The first kappa shape index (κ1) is 26.3. The van der Waals surface area contributed by atoms with Gasteiger partial charge in [0.15, 0.2) is 6.61 Å². The van der Waals surface area contributed by atoms with Crippen molar-refractivity contribution in [2.24, 2.45) is 0 Å². The van der Waals surface area contributed by atoms with Crippen LogP contribution < -0.4 is 10.1 Å². The van der Waals surface area contributed by atoms with Gasteiger partial charge in [0.05, 0.1) is 0 Å². The minimum absolute atomic E-state index is 0.0813. The zero-order valence-electron chi connectivity index (χ0n) is 20.7. The van der Waals surface area contributed by atoms with E-state index in [1.165, 1.54) is 41.3 Å². The van der Waals surface area contributed by atoms with E-state index in [0.717, 1.165) is 37.7 Å². The molecule has 0 spiro atoms. The van der Waals surface area contributed by atoms with E-state index in [1.54, 1.807) is 12.1 Å². The summed E-state index contributed by atoms with van der Waals surface area (Å²) in [4.78, 5) is 28.7. The molecule has 1 atom stereocenters. The fraction of sp³-hybridized carbons (Fsp3) is 0.333. The summed E-state index contributed by atoms with van der Waals surface area (Å²) in [6.45, 7) is -0.212. The van der Waals surface area contributed by atoms with Crippen LogP contribution in [0.15, 0.2) is 78.9 Å². The molecule has 1 aliphatic carbocycles. The fourth-order valence-corrected chi connectivity index (χ4v) is 4.64. The topological polar surface area (TPSA) is 58.6 Å². The van der Waals surface area contributed by atoms with Gasteiger partial charge in [-0.1, -0.05) is 61.7 Å². The maximum Gasteiger partial charge on any atom is 0.261 e. The highest BCUT2D eigenvalue weighted by atomic mass is 19.1. The molecule has 2 amide bonds. The first-order valence-electron chi connectivity index (χ1n) is 12.7. The highest BCUT2D eigenvalue weighted by Gasteiger charge is 2.32. The SMILES string of the molecule is O=C(NC1CCCCC1)[C@H](Cc1ccccc1)N(Cc1ccc(F)cc1)C(=O)COc1ccc(F)cc1. The zero-order valence-corrected chi connectivity index (χ0v) is 20.7. The van der Waals surface area contributed by atoms with Crippen molar-refractivity contribution in [2.45, 2.75) is 57.2 Å². The van der Waals surface area contributed by atoms with E-state index < -0.39 is 17.8 Å². The average molecular weight is 507 g/mol. The number of halogens is 2. The summed E-state index contributed by atoms with van der Waals surface area (Å²) in [5, 5.41) is 3.17. The molecule has 7 heteroatoms. The first-order chi connectivity index (χ1) is 18.0. The third-order valence-corrected chi connectivity index (χ3v) is 6.66. The van der Waals surface area contributed by atoms with Crippen LogP contribution in [0.2, 0.25) is 0 Å². The van der Waals surface area contributed by atoms with Crippen LogP contribution in [0.3, 0.4) is 0 Å². The molecule has 0 bridgehead atoms. The summed E-state index contributed by atoms with van der Waals surface area (Å²) in [7, 11) is 0. The van der Waals surface area contributed by atoms with Gasteiger partial charge in [0, 0.05) is 19.0 Å². The Balaban J connectivity index is 1.59. The number of nitrogens with one attached hydrogen (secondary N) is 1. The van der Waals surface area contributed by atoms with E-state index in [4.69, 9.17) is 4.74 Å². The number of rotatable bonds is 10. The lowest BCUT2D eigenvalue weighted by molar-refractivity contribution is -0.143. The molecule has 5 nitrogen and oxygen atoms in total. The second kappa shape index (κ2) is 13.0. The fourth-order valence-electron chi connectivity index (χ4n) is 4.64. The van der Waals surface area contributed by atoms with E-state index in [-0.39, 0.29) is 30.9 Å². The molecule has 0 radical (unpaired) electrons. The lowest BCUT2D eigenvalue weighted by Gasteiger charge is -2.33. The highest BCUT2D eigenvalue weighted by Crippen LogP contribution is 2.20. The van der Waals surface area contributed by atoms with Crippen molar-refractivity contribution in [3.8, 4) is 5.75 Å². The Labute approximate surface area is 216 Å². The monoisotopic (exact) mass is 506 g/mol. The van der Waals surface area contributed by atoms with Gasteiger partial charge in [0.1, 0.15) is 23.4 Å². The van der Waals surface area contributed by atoms with Gasteiger partial charge in [0.25, 0.3) is 5.91 Å². The van der Waals surface area contributed by atoms with Gasteiger partial charge in [-0.2, -0.15) is 0 Å². The van der Waals surface area contributed by atoms with Gasteiger partial charge >= 0.3 is 0 Å². The van der Waals surface area contributed by atoms with Gasteiger partial charge in [0.2, 0.25) is 5.91 Å². The van der Waals surface area contributed by atoms with Gasteiger partial charge in [-0.25, -0.2) is 8.78 Å². The minimum Gasteiger partial charge on any atom is -0.484 e. The van der Waals surface area contributed by atoms with Crippen LogP contribution in [0.5, 0.6) is 5.75 Å². The van der Waals surface area contributed by atoms with E-state index >= 15 is 0 Å². The number of carbonyl (C=O) groups excluding carboxylic acids is 2. The number of nitrogens with zero attached hydrogens (tertiary/aromatic N) is 1. The van der Waals surface area contributed by atoms with Crippen molar-refractivity contribution in [1.29, 1.82) is 0 Å². The smallest absolute Gasteiger partial charge is 0.261 e. The summed E-state index contributed by atoms with van der Waals surface area (Å²) in [6, 6.07) is 20.1. The largest absolute Gasteiger partial charge is 0.484 e. The third kappa shape index (κ3) is 7.87. The quantitative estimate of drug-likeness (QED) is 0.399. The van der Waals surface area contributed by atoms with Gasteiger partial charge in [-0.05, 0) is 60.4 Å². The van der Waals surface area contributed by atoms with Crippen LogP contribution in [0, 0.1) is 11.6 Å². The molecule has 1 saturated carbocycles. The molecule has 4 rings (SSSR count). The van der Waals surface area contributed by atoms with Crippen molar-refractivity contribution in [1.82, 2.24) is 10.2 Å².